The Balaban J connectivity index is 1.63. The minimum atomic E-state index is -0.0809. The van der Waals surface area contributed by atoms with Gasteiger partial charge in [-0.3, -0.25) is 4.79 Å². The van der Waals surface area contributed by atoms with Gasteiger partial charge in [-0.1, -0.05) is 42.5 Å². The minimum Gasteiger partial charge on any atom is -0.485 e. The number of hydrazone groups is 1. The molecule has 4 heteroatoms. The summed E-state index contributed by atoms with van der Waals surface area (Å²) in [4.78, 5) is 11.9. The number of carbonyl (C=O) groups is 1. The maximum absolute atomic E-state index is 11.9. The molecule has 1 fully saturated rings. The quantitative estimate of drug-likeness (QED) is 0.883. The van der Waals surface area contributed by atoms with E-state index in [0.717, 1.165) is 35.4 Å². The van der Waals surface area contributed by atoms with Gasteiger partial charge < -0.3 is 4.74 Å². The van der Waals surface area contributed by atoms with Crippen molar-refractivity contribution in [3.05, 3.63) is 65.7 Å². The highest BCUT2D eigenvalue weighted by Gasteiger charge is 2.30. The molecule has 1 amide bonds. The van der Waals surface area contributed by atoms with Gasteiger partial charge in [0.05, 0.1) is 5.71 Å². The molecule has 0 aromatic heterocycles. The van der Waals surface area contributed by atoms with Gasteiger partial charge in [0.25, 0.3) is 0 Å². The van der Waals surface area contributed by atoms with Crippen molar-refractivity contribution in [1.29, 1.82) is 0 Å². The van der Waals surface area contributed by atoms with Crippen LogP contribution in [0.25, 0.3) is 0 Å². The van der Waals surface area contributed by atoms with Crippen molar-refractivity contribution >= 4 is 11.6 Å². The molecule has 1 aliphatic carbocycles. The molecule has 4 rings (SSSR count). The zero-order valence-corrected chi connectivity index (χ0v) is 12.7. The molecule has 1 saturated carbocycles. The van der Waals surface area contributed by atoms with Crippen LogP contribution in [0.4, 0.5) is 0 Å². The van der Waals surface area contributed by atoms with Crippen LogP contribution in [-0.2, 0) is 4.79 Å². The van der Waals surface area contributed by atoms with Gasteiger partial charge in [0.1, 0.15) is 11.9 Å². The lowest BCUT2D eigenvalue weighted by Crippen LogP contribution is -2.26. The first kappa shape index (κ1) is 14.0. The summed E-state index contributed by atoms with van der Waals surface area (Å²) in [5.41, 5.74) is 5.66. The topological polar surface area (TPSA) is 50.7 Å². The molecule has 1 aliphatic heterocycles. The number of hydrogen-bond acceptors (Lipinski definition) is 3. The average molecular weight is 306 g/mol. The Morgan fingerprint density at radius 2 is 1.78 bits per heavy atom. The Morgan fingerprint density at radius 1 is 1.04 bits per heavy atom. The molecule has 2 aromatic carbocycles. The lowest BCUT2D eigenvalue weighted by atomic mass is 9.96. The number of benzene rings is 2. The fourth-order valence-corrected chi connectivity index (χ4v) is 2.81. The van der Waals surface area contributed by atoms with Crippen molar-refractivity contribution in [1.82, 2.24) is 5.43 Å². The Morgan fingerprint density at radius 3 is 2.57 bits per heavy atom. The predicted molar refractivity (Wildman–Crippen MR) is 88.3 cm³/mol. The van der Waals surface area contributed by atoms with Crippen molar-refractivity contribution in [2.24, 2.45) is 11.0 Å². The second-order valence-electron chi connectivity index (χ2n) is 6.03. The number of carbonyl (C=O) groups excluding carboxylic acids is 1. The molecular formula is C19H18N2O2. The number of fused-ring (bicyclic) bond motifs is 1. The van der Waals surface area contributed by atoms with Gasteiger partial charge in [-0.2, -0.15) is 5.10 Å². The first-order valence-electron chi connectivity index (χ1n) is 7.98. The zero-order valence-electron chi connectivity index (χ0n) is 12.7. The second kappa shape index (κ2) is 5.88. The molecule has 1 atom stereocenters. The van der Waals surface area contributed by atoms with Gasteiger partial charge in [0.15, 0.2) is 0 Å². The Bertz CT molecular complexity index is 751. The molecular weight excluding hydrogens is 288 g/mol. The SMILES string of the molecule is O=C(NN=C1C[C@H](c2ccccc2)Oc2ccccc21)C1CC1. The van der Waals surface area contributed by atoms with E-state index in [1.54, 1.807) is 0 Å². The van der Waals surface area contributed by atoms with Crippen LogP contribution in [0.2, 0.25) is 0 Å². The molecule has 0 radical (unpaired) electrons. The summed E-state index contributed by atoms with van der Waals surface area (Å²) >= 11 is 0. The summed E-state index contributed by atoms with van der Waals surface area (Å²) in [6, 6.07) is 18.0. The summed E-state index contributed by atoms with van der Waals surface area (Å²) < 4.78 is 6.12. The Hall–Kier alpha value is -2.62. The summed E-state index contributed by atoms with van der Waals surface area (Å²) in [5, 5.41) is 4.40. The molecule has 0 saturated heterocycles. The van der Waals surface area contributed by atoms with Crippen LogP contribution < -0.4 is 10.2 Å². The fraction of sp³-hybridized carbons (Fsp3) is 0.263. The van der Waals surface area contributed by atoms with Crippen LogP contribution in [0, 0.1) is 5.92 Å². The van der Waals surface area contributed by atoms with Crippen LogP contribution in [-0.4, -0.2) is 11.6 Å². The van der Waals surface area contributed by atoms with E-state index in [-0.39, 0.29) is 17.9 Å². The fourth-order valence-electron chi connectivity index (χ4n) is 2.81. The number of hydrogen-bond donors (Lipinski definition) is 1. The van der Waals surface area contributed by atoms with E-state index in [0.29, 0.717) is 6.42 Å². The van der Waals surface area contributed by atoms with Gasteiger partial charge in [-0.05, 0) is 30.5 Å². The summed E-state index contributed by atoms with van der Waals surface area (Å²) in [6.45, 7) is 0. The number of para-hydroxylation sites is 1. The molecule has 2 aromatic rings. The molecule has 116 valence electrons. The van der Waals surface area contributed by atoms with Crippen molar-refractivity contribution in [3.63, 3.8) is 0 Å². The number of rotatable bonds is 3. The third-order valence-corrected chi connectivity index (χ3v) is 4.27. The highest BCUT2D eigenvalue weighted by Crippen LogP contribution is 2.35. The van der Waals surface area contributed by atoms with E-state index >= 15 is 0 Å². The maximum atomic E-state index is 11.9. The third kappa shape index (κ3) is 2.97. The number of amides is 1. The molecule has 23 heavy (non-hydrogen) atoms. The lowest BCUT2D eigenvalue weighted by molar-refractivity contribution is -0.122. The molecule has 1 heterocycles. The first-order chi connectivity index (χ1) is 11.3. The van der Waals surface area contributed by atoms with E-state index in [4.69, 9.17) is 4.74 Å². The van der Waals surface area contributed by atoms with Crippen molar-refractivity contribution in [2.45, 2.75) is 25.4 Å². The monoisotopic (exact) mass is 306 g/mol. The van der Waals surface area contributed by atoms with E-state index in [9.17, 15) is 4.79 Å². The van der Waals surface area contributed by atoms with Crippen molar-refractivity contribution in [2.75, 3.05) is 0 Å². The number of nitrogens with one attached hydrogen (secondary N) is 1. The molecule has 0 bridgehead atoms. The van der Waals surface area contributed by atoms with E-state index < -0.39 is 0 Å². The Labute approximate surface area is 135 Å². The van der Waals surface area contributed by atoms with E-state index in [2.05, 4.69) is 22.7 Å². The average Bonchev–Trinajstić information content (AvgIpc) is 3.45. The van der Waals surface area contributed by atoms with Crippen LogP contribution in [0.15, 0.2) is 59.7 Å². The highest BCUT2D eigenvalue weighted by molar-refractivity contribution is 6.04. The van der Waals surface area contributed by atoms with Crippen LogP contribution >= 0.6 is 0 Å². The van der Waals surface area contributed by atoms with Gasteiger partial charge in [0.2, 0.25) is 5.91 Å². The summed E-state index contributed by atoms with van der Waals surface area (Å²) in [7, 11) is 0. The molecule has 4 nitrogen and oxygen atoms in total. The smallest absolute Gasteiger partial charge is 0.243 e. The standard InChI is InChI=1S/C19H18N2O2/c22-19(14-10-11-14)21-20-16-12-18(13-6-2-1-3-7-13)23-17-9-5-4-8-15(16)17/h1-9,14,18H,10-12H2,(H,21,22)/t18-/m1/s1. The first-order valence-corrected chi connectivity index (χ1v) is 7.98. The number of nitrogens with zero attached hydrogens (tertiary/aromatic N) is 1. The summed E-state index contributed by atoms with van der Waals surface area (Å²) in [6.07, 6.45) is 2.51. The molecule has 0 unspecified atom stereocenters. The predicted octanol–water partition coefficient (Wildman–Crippen LogP) is 3.44. The third-order valence-electron chi connectivity index (χ3n) is 4.27. The Kier molecular flexibility index (Phi) is 3.58. The normalized spacial score (nSPS) is 21.4. The molecule has 0 spiro atoms. The minimum absolute atomic E-state index is 0.0257. The van der Waals surface area contributed by atoms with Gasteiger partial charge in [-0.25, -0.2) is 5.43 Å². The zero-order chi connectivity index (χ0) is 15.6. The van der Waals surface area contributed by atoms with E-state index in [1.165, 1.54) is 0 Å². The molecule has 2 aliphatic rings. The lowest BCUT2D eigenvalue weighted by Gasteiger charge is -2.27. The van der Waals surface area contributed by atoms with E-state index in [1.807, 2.05) is 42.5 Å². The number of ether oxygens (including phenoxy) is 1. The van der Waals surface area contributed by atoms with Crippen LogP contribution in [0.3, 0.4) is 0 Å². The largest absolute Gasteiger partial charge is 0.485 e. The van der Waals surface area contributed by atoms with Crippen LogP contribution in [0.5, 0.6) is 5.75 Å². The van der Waals surface area contributed by atoms with Gasteiger partial charge in [-0.15, -0.1) is 0 Å². The van der Waals surface area contributed by atoms with Crippen LogP contribution in [0.1, 0.15) is 36.5 Å². The second-order valence-corrected chi connectivity index (χ2v) is 6.03. The summed E-state index contributed by atoms with van der Waals surface area (Å²) in [5.74, 6) is 0.990. The van der Waals surface area contributed by atoms with Crippen molar-refractivity contribution < 1.29 is 9.53 Å². The van der Waals surface area contributed by atoms with Crippen molar-refractivity contribution in [3.8, 4) is 5.75 Å². The maximum Gasteiger partial charge on any atom is 0.243 e. The van der Waals surface area contributed by atoms with Gasteiger partial charge in [0, 0.05) is 17.9 Å². The molecule has 1 N–H and O–H groups in total. The highest BCUT2D eigenvalue weighted by atomic mass is 16.5. The van der Waals surface area contributed by atoms with Gasteiger partial charge >= 0.3 is 0 Å².